The normalized spacial score (nSPS) is 11.2. The van der Waals surface area contributed by atoms with Gasteiger partial charge in [-0.1, -0.05) is 11.6 Å². The third kappa shape index (κ3) is 1.51. The maximum Gasteiger partial charge on any atom is 0.220 e. The Labute approximate surface area is 101 Å². The molecule has 0 aliphatic heterocycles. The summed E-state index contributed by atoms with van der Waals surface area (Å²) < 4.78 is 14.9. The second-order valence-electron chi connectivity index (χ2n) is 3.71. The van der Waals surface area contributed by atoms with Crippen molar-refractivity contribution in [3.05, 3.63) is 35.5 Å². The van der Waals surface area contributed by atoms with Gasteiger partial charge >= 0.3 is 0 Å². The van der Waals surface area contributed by atoms with Gasteiger partial charge in [-0.15, -0.1) is 0 Å². The van der Waals surface area contributed by atoms with Crippen molar-refractivity contribution < 1.29 is 4.39 Å². The highest BCUT2D eigenvalue weighted by atomic mass is 35.5. The van der Waals surface area contributed by atoms with Gasteiger partial charge in [-0.3, -0.25) is 0 Å². The number of H-pyrrole nitrogens is 1. The summed E-state index contributed by atoms with van der Waals surface area (Å²) in [5.74, 6) is -0.396. The van der Waals surface area contributed by atoms with Crippen molar-refractivity contribution in [2.75, 3.05) is 0 Å². The van der Waals surface area contributed by atoms with Crippen molar-refractivity contribution in [3.63, 3.8) is 0 Å². The average molecular weight is 251 g/mol. The lowest BCUT2D eigenvalue weighted by atomic mass is 10.2. The molecule has 0 aliphatic carbocycles. The lowest BCUT2D eigenvalue weighted by Crippen LogP contribution is -1.93. The van der Waals surface area contributed by atoms with Crippen LogP contribution in [0.1, 0.15) is 0 Å². The standard InChI is InChI=1S/C11H8ClFN4/c1-17-10(13)7(5-15-17)9-4-6-8(12)2-3-14-11(6)16-9/h2-5H,1H3,(H,14,16). The number of hydrogen-bond acceptors (Lipinski definition) is 2. The number of hydrogen-bond donors (Lipinski definition) is 1. The summed E-state index contributed by atoms with van der Waals surface area (Å²) >= 11 is 6.03. The minimum atomic E-state index is -0.396. The van der Waals surface area contributed by atoms with Gasteiger partial charge in [-0.05, 0) is 12.1 Å². The van der Waals surface area contributed by atoms with Gasteiger partial charge in [0.1, 0.15) is 5.65 Å². The predicted molar refractivity (Wildman–Crippen MR) is 63.3 cm³/mol. The molecule has 4 nitrogen and oxygen atoms in total. The van der Waals surface area contributed by atoms with E-state index < -0.39 is 5.95 Å². The molecular weight excluding hydrogens is 243 g/mol. The van der Waals surface area contributed by atoms with Crippen molar-refractivity contribution in [1.82, 2.24) is 19.7 Å². The van der Waals surface area contributed by atoms with Gasteiger partial charge in [0.2, 0.25) is 5.95 Å². The molecule has 17 heavy (non-hydrogen) atoms. The Hall–Kier alpha value is -1.88. The van der Waals surface area contributed by atoms with E-state index in [1.54, 1.807) is 25.4 Å². The second kappa shape index (κ2) is 3.56. The largest absolute Gasteiger partial charge is 0.339 e. The van der Waals surface area contributed by atoms with Crippen LogP contribution in [0.15, 0.2) is 24.5 Å². The van der Waals surface area contributed by atoms with Crippen LogP contribution in [0.5, 0.6) is 0 Å². The lowest BCUT2D eigenvalue weighted by molar-refractivity contribution is 0.506. The van der Waals surface area contributed by atoms with Crippen molar-refractivity contribution in [1.29, 1.82) is 0 Å². The molecule has 0 spiro atoms. The topological polar surface area (TPSA) is 46.5 Å². The van der Waals surface area contributed by atoms with E-state index in [0.29, 0.717) is 21.9 Å². The zero-order valence-electron chi connectivity index (χ0n) is 8.91. The molecule has 3 rings (SSSR count). The number of aromatic amines is 1. The van der Waals surface area contributed by atoms with Crippen LogP contribution in [-0.4, -0.2) is 19.7 Å². The molecule has 3 aromatic rings. The Morgan fingerprint density at radius 2 is 2.29 bits per heavy atom. The number of nitrogens with zero attached hydrogens (tertiary/aromatic N) is 3. The summed E-state index contributed by atoms with van der Waals surface area (Å²) in [4.78, 5) is 7.15. The summed E-state index contributed by atoms with van der Waals surface area (Å²) in [6, 6.07) is 3.46. The quantitative estimate of drug-likeness (QED) is 0.722. The van der Waals surface area contributed by atoms with Gasteiger partial charge in [0.25, 0.3) is 0 Å². The molecule has 0 aliphatic rings. The van der Waals surface area contributed by atoms with Crippen molar-refractivity contribution in [2.24, 2.45) is 7.05 Å². The van der Waals surface area contributed by atoms with Crippen LogP contribution >= 0.6 is 11.6 Å². The van der Waals surface area contributed by atoms with E-state index in [9.17, 15) is 4.39 Å². The van der Waals surface area contributed by atoms with Crippen LogP contribution < -0.4 is 0 Å². The first-order chi connectivity index (χ1) is 8.16. The smallest absolute Gasteiger partial charge is 0.220 e. The Morgan fingerprint density at radius 3 is 2.94 bits per heavy atom. The molecule has 0 fully saturated rings. The third-order valence-corrected chi connectivity index (χ3v) is 2.96. The van der Waals surface area contributed by atoms with E-state index in [1.165, 1.54) is 10.9 Å². The summed E-state index contributed by atoms with van der Waals surface area (Å²) in [6.45, 7) is 0. The molecule has 0 amide bonds. The van der Waals surface area contributed by atoms with E-state index in [1.807, 2.05) is 0 Å². The number of pyridine rings is 1. The molecule has 3 heterocycles. The maximum absolute atomic E-state index is 13.7. The molecule has 0 unspecified atom stereocenters. The molecule has 0 atom stereocenters. The molecule has 6 heteroatoms. The van der Waals surface area contributed by atoms with Crippen LogP contribution in [0.25, 0.3) is 22.3 Å². The van der Waals surface area contributed by atoms with Crippen molar-refractivity contribution >= 4 is 22.6 Å². The van der Waals surface area contributed by atoms with E-state index in [4.69, 9.17) is 11.6 Å². The highest BCUT2D eigenvalue weighted by Gasteiger charge is 2.13. The number of halogens is 2. The van der Waals surface area contributed by atoms with Gasteiger partial charge in [0, 0.05) is 18.6 Å². The third-order valence-electron chi connectivity index (χ3n) is 2.64. The number of fused-ring (bicyclic) bond motifs is 1. The number of aryl methyl sites for hydroxylation is 1. The van der Waals surface area contributed by atoms with Crippen LogP contribution in [0.2, 0.25) is 5.02 Å². The molecule has 0 aromatic carbocycles. The van der Waals surface area contributed by atoms with Crippen molar-refractivity contribution in [3.8, 4) is 11.3 Å². The van der Waals surface area contributed by atoms with Gasteiger partial charge in [-0.2, -0.15) is 9.49 Å². The summed E-state index contributed by atoms with van der Waals surface area (Å²) in [5.41, 5.74) is 1.66. The zero-order chi connectivity index (χ0) is 12.0. The summed E-state index contributed by atoms with van der Waals surface area (Å²) in [5, 5.41) is 5.21. The predicted octanol–water partition coefficient (Wildman–Crippen LogP) is 2.76. The summed E-state index contributed by atoms with van der Waals surface area (Å²) in [7, 11) is 1.55. The molecule has 0 radical (unpaired) electrons. The molecule has 3 aromatic heterocycles. The van der Waals surface area contributed by atoms with Gasteiger partial charge in [0.05, 0.1) is 22.5 Å². The van der Waals surface area contributed by atoms with E-state index in [0.717, 1.165) is 5.39 Å². The highest BCUT2D eigenvalue weighted by molar-refractivity contribution is 6.35. The van der Waals surface area contributed by atoms with Crippen LogP contribution in [0, 0.1) is 5.95 Å². The second-order valence-corrected chi connectivity index (χ2v) is 4.12. The molecule has 0 saturated heterocycles. The zero-order valence-corrected chi connectivity index (χ0v) is 9.66. The lowest BCUT2D eigenvalue weighted by Gasteiger charge is -1.92. The van der Waals surface area contributed by atoms with Gasteiger partial charge in [-0.25, -0.2) is 9.67 Å². The SMILES string of the molecule is Cn1ncc(-c2cc3c(Cl)ccnc3[nH]2)c1F. The molecule has 0 bridgehead atoms. The number of rotatable bonds is 1. The fourth-order valence-corrected chi connectivity index (χ4v) is 1.94. The van der Waals surface area contributed by atoms with E-state index in [-0.39, 0.29) is 0 Å². The average Bonchev–Trinajstić information content (AvgIpc) is 2.85. The minimum absolute atomic E-state index is 0.396. The fourth-order valence-electron chi connectivity index (χ4n) is 1.74. The van der Waals surface area contributed by atoms with Gasteiger partial charge in [0.15, 0.2) is 0 Å². The van der Waals surface area contributed by atoms with Crippen LogP contribution in [0.3, 0.4) is 0 Å². The van der Waals surface area contributed by atoms with Crippen LogP contribution in [-0.2, 0) is 7.05 Å². The molecule has 0 saturated carbocycles. The fraction of sp³-hybridized carbons (Fsp3) is 0.0909. The Bertz CT molecular complexity index is 701. The first kappa shape index (κ1) is 10.3. The van der Waals surface area contributed by atoms with Crippen LogP contribution in [0.4, 0.5) is 4.39 Å². The maximum atomic E-state index is 13.7. The molecule has 1 N–H and O–H groups in total. The molecule has 86 valence electrons. The number of aromatic nitrogens is 4. The monoisotopic (exact) mass is 250 g/mol. The van der Waals surface area contributed by atoms with Gasteiger partial charge < -0.3 is 4.98 Å². The Balaban J connectivity index is 2.25. The first-order valence-electron chi connectivity index (χ1n) is 4.98. The minimum Gasteiger partial charge on any atom is -0.339 e. The molecular formula is C11H8ClFN4. The summed E-state index contributed by atoms with van der Waals surface area (Å²) in [6.07, 6.45) is 3.07. The van der Waals surface area contributed by atoms with E-state index >= 15 is 0 Å². The Morgan fingerprint density at radius 1 is 1.47 bits per heavy atom. The first-order valence-corrected chi connectivity index (χ1v) is 5.35. The van der Waals surface area contributed by atoms with Crippen molar-refractivity contribution in [2.45, 2.75) is 0 Å². The number of nitrogens with one attached hydrogen (secondary N) is 1. The highest BCUT2D eigenvalue weighted by Crippen LogP contribution is 2.28. The Kier molecular flexibility index (Phi) is 2.16. The van der Waals surface area contributed by atoms with E-state index in [2.05, 4.69) is 15.1 Å².